The maximum absolute atomic E-state index is 11.7. The average Bonchev–Trinajstić information content (AvgIpc) is 2.35. The molecule has 0 bridgehead atoms. The molecule has 0 aromatic carbocycles. The maximum atomic E-state index is 11.7. The van der Waals surface area contributed by atoms with Crippen molar-refractivity contribution < 1.29 is 9.53 Å². The quantitative estimate of drug-likeness (QED) is 0.791. The molecular formula is C12H20N4O2. The molecule has 18 heavy (non-hydrogen) atoms. The number of ether oxygens (including phenoxy) is 1. The third-order valence-electron chi connectivity index (χ3n) is 2.40. The third-order valence-corrected chi connectivity index (χ3v) is 2.40. The largest absolute Gasteiger partial charge is 0.477 e. The Hall–Kier alpha value is -1.85. The van der Waals surface area contributed by atoms with Crippen LogP contribution in [0.1, 0.15) is 20.8 Å². The van der Waals surface area contributed by atoms with Gasteiger partial charge in [0.25, 0.3) is 0 Å². The fourth-order valence-electron chi connectivity index (χ4n) is 1.48. The van der Waals surface area contributed by atoms with Gasteiger partial charge in [0, 0.05) is 7.05 Å². The van der Waals surface area contributed by atoms with Crippen LogP contribution in [0, 0.1) is 5.92 Å². The zero-order valence-electron chi connectivity index (χ0n) is 11.2. The number of anilines is 1. The predicted octanol–water partition coefficient (Wildman–Crippen LogP) is 1.06. The molecule has 100 valence electrons. The minimum absolute atomic E-state index is 0.0754. The van der Waals surface area contributed by atoms with Crippen LogP contribution in [0.15, 0.2) is 12.4 Å². The van der Waals surface area contributed by atoms with Crippen LogP contribution in [-0.2, 0) is 4.79 Å². The number of nitrogens with one attached hydrogen (secondary N) is 2. The number of likely N-dealkylation sites (N-methyl/N-ethyl adjacent to an activating group) is 1. The van der Waals surface area contributed by atoms with E-state index in [0.29, 0.717) is 18.3 Å². The van der Waals surface area contributed by atoms with E-state index in [9.17, 15) is 4.79 Å². The minimum atomic E-state index is -0.346. The Morgan fingerprint density at radius 1 is 1.44 bits per heavy atom. The maximum Gasteiger partial charge on any atom is 0.242 e. The van der Waals surface area contributed by atoms with Crippen molar-refractivity contribution in [2.24, 2.45) is 5.92 Å². The van der Waals surface area contributed by atoms with E-state index >= 15 is 0 Å². The van der Waals surface area contributed by atoms with Crippen molar-refractivity contribution in [1.29, 1.82) is 0 Å². The first-order chi connectivity index (χ1) is 8.58. The molecule has 0 aliphatic heterocycles. The summed E-state index contributed by atoms with van der Waals surface area (Å²) in [4.78, 5) is 20.0. The zero-order valence-corrected chi connectivity index (χ0v) is 11.2. The third kappa shape index (κ3) is 3.87. The van der Waals surface area contributed by atoms with Crippen LogP contribution >= 0.6 is 0 Å². The summed E-state index contributed by atoms with van der Waals surface area (Å²) in [6.07, 6.45) is 3.11. The summed E-state index contributed by atoms with van der Waals surface area (Å²) in [5, 5.41) is 5.69. The van der Waals surface area contributed by atoms with Crippen molar-refractivity contribution >= 4 is 11.7 Å². The Morgan fingerprint density at radius 3 is 2.72 bits per heavy atom. The van der Waals surface area contributed by atoms with Gasteiger partial charge in [-0.2, -0.15) is 4.98 Å². The van der Waals surface area contributed by atoms with Crippen LogP contribution < -0.4 is 15.4 Å². The van der Waals surface area contributed by atoms with Crippen LogP contribution in [0.3, 0.4) is 0 Å². The lowest BCUT2D eigenvalue weighted by Crippen LogP contribution is -2.41. The fraction of sp³-hybridized carbons (Fsp3) is 0.583. The standard InChI is InChI=1S/C12H20N4O2/c1-5-18-10-7-14-6-9(15-10)16-11(8(2)3)12(17)13-4/h6-8,11H,5H2,1-4H3,(H,13,17)(H,15,16). The van der Waals surface area contributed by atoms with Gasteiger partial charge in [0.15, 0.2) is 0 Å². The molecule has 0 aliphatic carbocycles. The SMILES string of the molecule is CCOc1cncc(NC(C(=O)NC)C(C)C)n1. The van der Waals surface area contributed by atoms with Crippen LogP contribution in [0.2, 0.25) is 0 Å². The minimum Gasteiger partial charge on any atom is -0.477 e. The smallest absolute Gasteiger partial charge is 0.242 e. The molecule has 0 aliphatic rings. The summed E-state index contributed by atoms with van der Waals surface area (Å²) in [5.74, 6) is 1.04. The Morgan fingerprint density at radius 2 is 2.17 bits per heavy atom. The number of nitrogens with zero attached hydrogens (tertiary/aromatic N) is 2. The molecule has 2 N–H and O–H groups in total. The molecule has 1 unspecified atom stereocenters. The van der Waals surface area contributed by atoms with Crippen molar-refractivity contribution in [2.75, 3.05) is 19.0 Å². The predicted molar refractivity (Wildman–Crippen MR) is 69.5 cm³/mol. The molecule has 1 rings (SSSR count). The molecular weight excluding hydrogens is 232 g/mol. The van der Waals surface area contributed by atoms with E-state index in [1.807, 2.05) is 20.8 Å². The molecule has 1 heterocycles. The Balaban J connectivity index is 2.80. The van der Waals surface area contributed by atoms with Gasteiger partial charge in [-0.05, 0) is 12.8 Å². The first kappa shape index (κ1) is 14.2. The van der Waals surface area contributed by atoms with Gasteiger partial charge in [-0.1, -0.05) is 13.8 Å². The first-order valence-corrected chi connectivity index (χ1v) is 6.01. The summed E-state index contributed by atoms with van der Waals surface area (Å²) in [6.45, 7) is 6.34. The van der Waals surface area contributed by atoms with Crippen LogP contribution in [0.25, 0.3) is 0 Å². The van der Waals surface area contributed by atoms with E-state index < -0.39 is 0 Å². The summed E-state index contributed by atoms with van der Waals surface area (Å²) in [7, 11) is 1.61. The van der Waals surface area contributed by atoms with Gasteiger partial charge in [0.1, 0.15) is 11.9 Å². The fourth-order valence-corrected chi connectivity index (χ4v) is 1.48. The van der Waals surface area contributed by atoms with Gasteiger partial charge in [0.05, 0.1) is 19.0 Å². The van der Waals surface area contributed by atoms with E-state index in [1.165, 1.54) is 0 Å². The molecule has 0 radical (unpaired) electrons. The van der Waals surface area contributed by atoms with Crippen molar-refractivity contribution in [3.05, 3.63) is 12.4 Å². The van der Waals surface area contributed by atoms with Gasteiger partial charge in [-0.15, -0.1) is 0 Å². The monoisotopic (exact) mass is 252 g/mol. The lowest BCUT2D eigenvalue weighted by molar-refractivity contribution is -0.122. The number of hydrogen-bond acceptors (Lipinski definition) is 5. The van der Waals surface area contributed by atoms with Gasteiger partial charge in [-0.25, -0.2) is 0 Å². The van der Waals surface area contributed by atoms with Gasteiger partial charge < -0.3 is 15.4 Å². The van der Waals surface area contributed by atoms with E-state index in [0.717, 1.165) is 0 Å². The molecule has 0 spiro atoms. The first-order valence-electron chi connectivity index (χ1n) is 6.01. The summed E-state index contributed by atoms with van der Waals surface area (Å²) >= 11 is 0. The average molecular weight is 252 g/mol. The molecule has 1 aromatic heterocycles. The van der Waals surface area contributed by atoms with Crippen molar-refractivity contribution in [1.82, 2.24) is 15.3 Å². The lowest BCUT2D eigenvalue weighted by Gasteiger charge is -2.21. The van der Waals surface area contributed by atoms with Crippen LogP contribution in [-0.4, -0.2) is 35.6 Å². The van der Waals surface area contributed by atoms with Crippen molar-refractivity contribution in [2.45, 2.75) is 26.8 Å². The molecule has 1 amide bonds. The zero-order chi connectivity index (χ0) is 13.5. The summed E-state index contributed by atoms with van der Waals surface area (Å²) < 4.78 is 5.26. The molecule has 6 nitrogen and oxygen atoms in total. The topological polar surface area (TPSA) is 76.1 Å². The molecule has 0 fully saturated rings. The second kappa shape index (κ2) is 6.78. The van der Waals surface area contributed by atoms with E-state index in [4.69, 9.17) is 4.74 Å². The van der Waals surface area contributed by atoms with E-state index in [1.54, 1.807) is 19.4 Å². The number of rotatable bonds is 6. The van der Waals surface area contributed by atoms with Crippen LogP contribution in [0.4, 0.5) is 5.82 Å². The lowest BCUT2D eigenvalue weighted by atomic mass is 10.0. The van der Waals surface area contributed by atoms with Gasteiger partial charge in [0.2, 0.25) is 11.8 Å². The Labute approximate surface area is 107 Å². The van der Waals surface area contributed by atoms with Crippen molar-refractivity contribution in [3.8, 4) is 5.88 Å². The molecule has 1 atom stereocenters. The second-order valence-corrected chi connectivity index (χ2v) is 4.16. The second-order valence-electron chi connectivity index (χ2n) is 4.16. The summed E-state index contributed by atoms with van der Waals surface area (Å²) in [6, 6.07) is -0.346. The normalized spacial score (nSPS) is 12.1. The van der Waals surface area contributed by atoms with Gasteiger partial charge in [-0.3, -0.25) is 9.78 Å². The number of carbonyl (C=O) groups excluding carboxylic acids is 1. The van der Waals surface area contributed by atoms with Crippen LogP contribution in [0.5, 0.6) is 5.88 Å². The Kier molecular flexibility index (Phi) is 5.35. The van der Waals surface area contributed by atoms with Gasteiger partial charge >= 0.3 is 0 Å². The van der Waals surface area contributed by atoms with E-state index in [-0.39, 0.29) is 17.9 Å². The molecule has 0 saturated carbocycles. The van der Waals surface area contributed by atoms with E-state index in [2.05, 4.69) is 20.6 Å². The number of hydrogen-bond donors (Lipinski definition) is 2. The summed E-state index contributed by atoms with van der Waals surface area (Å²) in [5.41, 5.74) is 0. The molecule has 0 saturated heterocycles. The highest BCUT2D eigenvalue weighted by Crippen LogP contribution is 2.13. The van der Waals surface area contributed by atoms with Crippen molar-refractivity contribution in [3.63, 3.8) is 0 Å². The number of amides is 1. The highest BCUT2D eigenvalue weighted by molar-refractivity contribution is 5.84. The number of carbonyl (C=O) groups is 1. The Bertz CT molecular complexity index is 395. The highest BCUT2D eigenvalue weighted by Gasteiger charge is 2.21. The highest BCUT2D eigenvalue weighted by atomic mass is 16.5. The molecule has 6 heteroatoms. The molecule has 1 aromatic rings. The number of aromatic nitrogens is 2.